The van der Waals surface area contributed by atoms with E-state index >= 15 is 0 Å². The average Bonchev–Trinajstić information content (AvgIpc) is 2.30. The standard InChI is InChI=1S/C14H15ClN2/c1-14(16,9-11-4-3-7-17-10-11)12-5-2-6-13(15)8-12/h2-8,10H,9,16H2,1H3. The van der Waals surface area contributed by atoms with Crippen LogP contribution in [0.4, 0.5) is 0 Å². The molecule has 1 aromatic carbocycles. The highest BCUT2D eigenvalue weighted by atomic mass is 35.5. The van der Waals surface area contributed by atoms with E-state index in [-0.39, 0.29) is 0 Å². The summed E-state index contributed by atoms with van der Waals surface area (Å²) in [6.07, 6.45) is 4.34. The predicted molar refractivity (Wildman–Crippen MR) is 70.9 cm³/mol. The summed E-state index contributed by atoms with van der Waals surface area (Å²) in [6, 6.07) is 11.6. The topological polar surface area (TPSA) is 38.9 Å². The van der Waals surface area contributed by atoms with Gasteiger partial charge in [0.2, 0.25) is 0 Å². The Hall–Kier alpha value is -1.38. The van der Waals surface area contributed by atoms with Crippen molar-refractivity contribution in [2.75, 3.05) is 0 Å². The van der Waals surface area contributed by atoms with Gasteiger partial charge in [0, 0.05) is 23.0 Å². The number of benzene rings is 1. The Balaban J connectivity index is 2.25. The molecule has 0 spiro atoms. The van der Waals surface area contributed by atoms with Crippen LogP contribution in [0.5, 0.6) is 0 Å². The normalized spacial score (nSPS) is 14.3. The summed E-state index contributed by atoms with van der Waals surface area (Å²) in [5.41, 5.74) is 8.07. The Morgan fingerprint density at radius 3 is 2.76 bits per heavy atom. The lowest BCUT2D eigenvalue weighted by Gasteiger charge is -2.25. The van der Waals surface area contributed by atoms with Crippen molar-refractivity contribution >= 4 is 11.6 Å². The van der Waals surface area contributed by atoms with Crippen LogP contribution in [0.1, 0.15) is 18.1 Å². The highest BCUT2D eigenvalue weighted by Gasteiger charge is 2.21. The van der Waals surface area contributed by atoms with Crippen molar-refractivity contribution in [1.29, 1.82) is 0 Å². The van der Waals surface area contributed by atoms with Gasteiger partial charge >= 0.3 is 0 Å². The molecule has 2 N–H and O–H groups in total. The van der Waals surface area contributed by atoms with Crippen LogP contribution in [0.25, 0.3) is 0 Å². The maximum absolute atomic E-state index is 6.35. The van der Waals surface area contributed by atoms with Gasteiger partial charge in [0.1, 0.15) is 0 Å². The second-order valence-corrected chi connectivity index (χ2v) is 4.90. The smallest absolute Gasteiger partial charge is 0.0422 e. The minimum absolute atomic E-state index is 0.437. The Labute approximate surface area is 106 Å². The largest absolute Gasteiger partial charge is 0.321 e. The van der Waals surface area contributed by atoms with Crippen molar-refractivity contribution in [3.05, 3.63) is 64.9 Å². The van der Waals surface area contributed by atoms with Crippen LogP contribution in [0.15, 0.2) is 48.8 Å². The summed E-state index contributed by atoms with van der Waals surface area (Å²) in [6.45, 7) is 2.01. The molecule has 0 aliphatic heterocycles. The molecule has 17 heavy (non-hydrogen) atoms. The Kier molecular flexibility index (Phi) is 3.46. The molecule has 1 atom stereocenters. The SMILES string of the molecule is CC(N)(Cc1cccnc1)c1cccc(Cl)c1. The van der Waals surface area contributed by atoms with Crippen LogP contribution in [0.3, 0.4) is 0 Å². The zero-order valence-corrected chi connectivity index (χ0v) is 10.5. The van der Waals surface area contributed by atoms with Crippen molar-refractivity contribution < 1.29 is 0 Å². The highest BCUT2D eigenvalue weighted by Crippen LogP contribution is 2.24. The zero-order valence-electron chi connectivity index (χ0n) is 9.73. The molecule has 0 bridgehead atoms. The van der Waals surface area contributed by atoms with Gasteiger partial charge in [0.15, 0.2) is 0 Å². The lowest BCUT2D eigenvalue weighted by atomic mass is 9.87. The molecule has 1 heterocycles. The second kappa shape index (κ2) is 4.86. The predicted octanol–water partition coefficient (Wildman–Crippen LogP) is 3.15. The fraction of sp³-hybridized carbons (Fsp3) is 0.214. The molecular formula is C14H15ClN2. The second-order valence-electron chi connectivity index (χ2n) is 4.47. The third kappa shape index (κ3) is 3.05. The molecule has 0 saturated heterocycles. The number of halogens is 1. The van der Waals surface area contributed by atoms with Crippen molar-refractivity contribution in [1.82, 2.24) is 4.98 Å². The first-order valence-corrected chi connectivity index (χ1v) is 5.89. The first kappa shape index (κ1) is 12.1. The van der Waals surface area contributed by atoms with Crippen LogP contribution < -0.4 is 5.73 Å². The molecule has 0 fully saturated rings. The first-order valence-electron chi connectivity index (χ1n) is 5.52. The summed E-state index contributed by atoms with van der Waals surface area (Å²) in [4.78, 5) is 4.10. The van der Waals surface area contributed by atoms with E-state index < -0.39 is 5.54 Å². The van der Waals surface area contributed by atoms with Gasteiger partial charge in [-0.05, 0) is 42.7 Å². The fourth-order valence-electron chi connectivity index (χ4n) is 1.87. The van der Waals surface area contributed by atoms with E-state index in [4.69, 9.17) is 17.3 Å². The van der Waals surface area contributed by atoms with Crippen molar-refractivity contribution in [3.8, 4) is 0 Å². The Bertz CT molecular complexity index is 495. The maximum atomic E-state index is 6.35. The van der Waals surface area contributed by atoms with Gasteiger partial charge in [-0.15, -0.1) is 0 Å². The Morgan fingerprint density at radius 1 is 1.29 bits per heavy atom. The van der Waals surface area contributed by atoms with Crippen molar-refractivity contribution in [3.63, 3.8) is 0 Å². The zero-order chi connectivity index (χ0) is 12.3. The quantitative estimate of drug-likeness (QED) is 0.904. The third-order valence-corrected chi connectivity index (χ3v) is 3.01. The molecule has 0 saturated carbocycles. The van der Waals surface area contributed by atoms with E-state index in [9.17, 15) is 0 Å². The van der Waals surface area contributed by atoms with Crippen molar-refractivity contribution in [2.24, 2.45) is 5.73 Å². The first-order chi connectivity index (χ1) is 8.08. The fourth-order valence-corrected chi connectivity index (χ4v) is 2.06. The van der Waals surface area contributed by atoms with E-state index in [0.717, 1.165) is 17.5 Å². The monoisotopic (exact) mass is 246 g/mol. The summed E-state index contributed by atoms with van der Waals surface area (Å²) in [7, 11) is 0. The van der Waals surface area contributed by atoms with E-state index in [0.29, 0.717) is 5.02 Å². The molecule has 0 amide bonds. The number of aromatic nitrogens is 1. The summed E-state index contributed by atoms with van der Waals surface area (Å²) < 4.78 is 0. The number of nitrogens with two attached hydrogens (primary N) is 1. The molecular weight excluding hydrogens is 232 g/mol. The number of rotatable bonds is 3. The number of hydrogen-bond acceptors (Lipinski definition) is 2. The Morgan fingerprint density at radius 2 is 2.12 bits per heavy atom. The van der Waals surface area contributed by atoms with E-state index in [1.807, 2.05) is 49.5 Å². The lowest BCUT2D eigenvalue weighted by Crippen LogP contribution is -2.35. The number of pyridine rings is 1. The molecule has 2 nitrogen and oxygen atoms in total. The maximum Gasteiger partial charge on any atom is 0.0422 e. The third-order valence-electron chi connectivity index (χ3n) is 2.78. The van der Waals surface area contributed by atoms with Gasteiger partial charge in [0.25, 0.3) is 0 Å². The molecule has 88 valence electrons. The molecule has 2 aromatic rings. The molecule has 0 aliphatic carbocycles. The molecule has 0 radical (unpaired) electrons. The highest BCUT2D eigenvalue weighted by molar-refractivity contribution is 6.30. The molecule has 2 rings (SSSR count). The summed E-state index contributed by atoms with van der Waals surface area (Å²) >= 11 is 5.99. The van der Waals surface area contributed by atoms with Crippen LogP contribution >= 0.6 is 11.6 Å². The van der Waals surface area contributed by atoms with Crippen LogP contribution in [0, 0.1) is 0 Å². The molecule has 1 aromatic heterocycles. The minimum Gasteiger partial charge on any atom is -0.321 e. The summed E-state index contributed by atoms with van der Waals surface area (Å²) in [5.74, 6) is 0. The van der Waals surface area contributed by atoms with Crippen molar-refractivity contribution in [2.45, 2.75) is 18.9 Å². The summed E-state index contributed by atoms with van der Waals surface area (Å²) in [5, 5.41) is 0.713. The van der Waals surface area contributed by atoms with Crippen LogP contribution in [0.2, 0.25) is 5.02 Å². The van der Waals surface area contributed by atoms with E-state index in [2.05, 4.69) is 4.98 Å². The van der Waals surface area contributed by atoms with Gasteiger partial charge in [-0.3, -0.25) is 4.98 Å². The lowest BCUT2D eigenvalue weighted by molar-refractivity contribution is 0.491. The molecule has 1 unspecified atom stereocenters. The van der Waals surface area contributed by atoms with Crippen LogP contribution in [-0.2, 0) is 12.0 Å². The van der Waals surface area contributed by atoms with E-state index in [1.165, 1.54) is 0 Å². The number of hydrogen-bond donors (Lipinski definition) is 1. The van der Waals surface area contributed by atoms with Gasteiger partial charge in [-0.2, -0.15) is 0 Å². The molecule has 3 heteroatoms. The number of nitrogens with zero attached hydrogens (tertiary/aromatic N) is 1. The van der Waals surface area contributed by atoms with Crippen LogP contribution in [-0.4, -0.2) is 4.98 Å². The van der Waals surface area contributed by atoms with Gasteiger partial charge < -0.3 is 5.73 Å². The average molecular weight is 247 g/mol. The van der Waals surface area contributed by atoms with E-state index in [1.54, 1.807) is 6.20 Å². The molecule has 0 aliphatic rings. The van der Waals surface area contributed by atoms with Gasteiger partial charge in [-0.1, -0.05) is 29.8 Å². The minimum atomic E-state index is -0.437. The van der Waals surface area contributed by atoms with Gasteiger partial charge in [-0.25, -0.2) is 0 Å². The van der Waals surface area contributed by atoms with Gasteiger partial charge in [0.05, 0.1) is 0 Å².